The van der Waals surface area contributed by atoms with Crippen LogP contribution in [-0.4, -0.2) is 53.8 Å². The number of carboxylic acids is 1. The van der Waals surface area contributed by atoms with Crippen LogP contribution in [0.1, 0.15) is 43.7 Å². The van der Waals surface area contributed by atoms with E-state index in [0.29, 0.717) is 18.6 Å². The van der Waals surface area contributed by atoms with Crippen LogP contribution >= 0.6 is 11.8 Å². The second kappa shape index (κ2) is 11.9. The number of carboxylic acid groups (broad SMARTS) is 1. The van der Waals surface area contributed by atoms with Crippen molar-refractivity contribution in [2.24, 2.45) is 5.92 Å². The molecule has 2 atom stereocenters. The SMILES string of the molecule is CSCCC(NC(=O)[C@H](CC(C)C)NC(=O)OCC1c2ccccc2-c2ccccc21)C(=O)O. The summed E-state index contributed by atoms with van der Waals surface area (Å²) >= 11 is 1.51. The van der Waals surface area contributed by atoms with E-state index in [4.69, 9.17) is 4.74 Å². The van der Waals surface area contributed by atoms with E-state index in [1.807, 2.05) is 56.5 Å². The van der Waals surface area contributed by atoms with Crippen LogP contribution in [0.15, 0.2) is 48.5 Å². The summed E-state index contributed by atoms with van der Waals surface area (Å²) < 4.78 is 5.57. The van der Waals surface area contributed by atoms with Crippen LogP contribution in [0.5, 0.6) is 0 Å². The largest absolute Gasteiger partial charge is 0.480 e. The van der Waals surface area contributed by atoms with E-state index in [1.54, 1.807) is 0 Å². The summed E-state index contributed by atoms with van der Waals surface area (Å²) in [6.07, 6.45) is 1.85. The molecule has 7 nitrogen and oxygen atoms in total. The van der Waals surface area contributed by atoms with Gasteiger partial charge in [-0.15, -0.1) is 0 Å². The Labute approximate surface area is 204 Å². The summed E-state index contributed by atoms with van der Waals surface area (Å²) in [6, 6.07) is 14.2. The first-order valence-corrected chi connectivity index (χ1v) is 12.8. The molecule has 0 saturated carbocycles. The standard InChI is InChI=1S/C26H32N2O5S/c1-16(2)14-23(24(29)27-22(25(30)31)12-13-34-3)28-26(32)33-15-21-19-10-6-4-8-17(19)18-9-5-7-11-20(18)21/h4-11,16,21-23H,12-15H2,1-3H3,(H,27,29)(H,28,32)(H,30,31)/t22?,23-/m0/s1. The number of alkyl carbamates (subject to hydrolysis) is 1. The molecular weight excluding hydrogens is 452 g/mol. The van der Waals surface area contributed by atoms with Gasteiger partial charge in [-0.3, -0.25) is 4.79 Å². The molecule has 1 unspecified atom stereocenters. The van der Waals surface area contributed by atoms with Crippen LogP contribution in [0.4, 0.5) is 4.79 Å². The summed E-state index contributed by atoms with van der Waals surface area (Å²) in [5.41, 5.74) is 4.47. The van der Waals surface area contributed by atoms with E-state index in [9.17, 15) is 19.5 Å². The van der Waals surface area contributed by atoms with Crippen molar-refractivity contribution < 1.29 is 24.2 Å². The lowest BCUT2D eigenvalue weighted by atomic mass is 9.98. The number of rotatable bonds is 11. The highest BCUT2D eigenvalue weighted by molar-refractivity contribution is 7.98. The normalized spacial score (nSPS) is 14.1. The average Bonchev–Trinajstić information content (AvgIpc) is 3.13. The van der Waals surface area contributed by atoms with Crippen molar-refractivity contribution >= 4 is 29.7 Å². The average molecular weight is 485 g/mol. The number of thioether (sulfide) groups is 1. The summed E-state index contributed by atoms with van der Waals surface area (Å²) in [5, 5.41) is 14.6. The van der Waals surface area contributed by atoms with Gasteiger partial charge >= 0.3 is 12.1 Å². The topological polar surface area (TPSA) is 105 Å². The van der Waals surface area contributed by atoms with Crippen molar-refractivity contribution in [1.82, 2.24) is 10.6 Å². The summed E-state index contributed by atoms with van der Waals surface area (Å²) in [4.78, 5) is 37.0. The Kier molecular flexibility index (Phi) is 8.98. The number of aliphatic carboxylic acids is 1. The molecule has 1 aliphatic rings. The minimum Gasteiger partial charge on any atom is -0.480 e. The second-order valence-electron chi connectivity index (χ2n) is 8.83. The lowest BCUT2D eigenvalue weighted by molar-refractivity contribution is -0.142. The Morgan fingerprint density at radius 3 is 2.09 bits per heavy atom. The molecule has 3 rings (SSSR count). The number of amides is 2. The van der Waals surface area contributed by atoms with Crippen molar-refractivity contribution in [1.29, 1.82) is 0 Å². The zero-order chi connectivity index (χ0) is 24.7. The zero-order valence-corrected chi connectivity index (χ0v) is 20.6. The van der Waals surface area contributed by atoms with Crippen molar-refractivity contribution in [3.63, 3.8) is 0 Å². The molecule has 34 heavy (non-hydrogen) atoms. The summed E-state index contributed by atoms with van der Waals surface area (Å²) in [7, 11) is 0. The van der Waals surface area contributed by atoms with Gasteiger partial charge in [0, 0.05) is 5.92 Å². The maximum atomic E-state index is 12.8. The Morgan fingerprint density at radius 1 is 0.971 bits per heavy atom. The first-order valence-electron chi connectivity index (χ1n) is 11.5. The fourth-order valence-corrected chi connectivity index (χ4v) is 4.72. The van der Waals surface area contributed by atoms with E-state index in [2.05, 4.69) is 22.8 Å². The molecule has 3 N–H and O–H groups in total. The van der Waals surface area contributed by atoms with Crippen LogP contribution < -0.4 is 10.6 Å². The molecule has 0 fully saturated rings. The first-order chi connectivity index (χ1) is 16.3. The molecule has 0 aliphatic heterocycles. The Morgan fingerprint density at radius 2 is 1.56 bits per heavy atom. The number of ether oxygens (including phenoxy) is 1. The number of hydrogen-bond acceptors (Lipinski definition) is 5. The number of carbonyl (C=O) groups excluding carboxylic acids is 2. The van der Waals surface area contributed by atoms with Crippen LogP contribution in [0.25, 0.3) is 11.1 Å². The quantitative estimate of drug-likeness (QED) is 0.440. The van der Waals surface area contributed by atoms with Crippen LogP contribution in [0.2, 0.25) is 0 Å². The highest BCUT2D eigenvalue weighted by atomic mass is 32.2. The molecule has 0 radical (unpaired) electrons. The van der Waals surface area contributed by atoms with Gasteiger partial charge in [-0.05, 0) is 53.0 Å². The van der Waals surface area contributed by atoms with Gasteiger partial charge in [0.1, 0.15) is 18.7 Å². The maximum absolute atomic E-state index is 12.8. The van der Waals surface area contributed by atoms with Gasteiger partial charge in [-0.1, -0.05) is 62.4 Å². The maximum Gasteiger partial charge on any atom is 0.407 e. The first kappa shape index (κ1) is 25.6. The van der Waals surface area contributed by atoms with E-state index < -0.39 is 30.1 Å². The number of fused-ring (bicyclic) bond motifs is 3. The number of hydrogen-bond donors (Lipinski definition) is 3. The second-order valence-corrected chi connectivity index (χ2v) is 9.82. The molecule has 0 saturated heterocycles. The molecule has 0 aromatic heterocycles. The smallest absolute Gasteiger partial charge is 0.407 e. The third kappa shape index (κ3) is 6.32. The molecule has 2 amide bonds. The van der Waals surface area contributed by atoms with E-state index in [0.717, 1.165) is 22.3 Å². The van der Waals surface area contributed by atoms with E-state index >= 15 is 0 Å². The van der Waals surface area contributed by atoms with E-state index in [1.165, 1.54) is 11.8 Å². The number of nitrogens with one attached hydrogen (secondary N) is 2. The van der Waals surface area contributed by atoms with Crippen molar-refractivity contribution in [2.75, 3.05) is 18.6 Å². The van der Waals surface area contributed by atoms with Crippen LogP contribution in [-0.2, 0) is 14.3 Å². The molecule has 0 bridgehead atoms. The predicted molar refractivity (Wildman–Crippen MR) is 134 cm³/mol. The fraction of sp³-hybridized carbons (Fsp3) is 0.423. The Bertz CT molecular complexity index is 980. The summed E-state index contributed by atoms with van der Waals surface area (Å²) in [5.74, 6) is -0.980. The lowest BCUT2D eigenvalue weighted by Crippen LogP contribution is -2.52. The van der Waals surface area contributed by atoms with Gasteiger partial charge in [0.15, 0.2) is 0 Å². The lowest BCUT2D eigenvalue weighted by Gasteiger charge is -2.23. The van der Waals surface area contributed by atoms with Crippen LogP contribution in [0.3, 0.4) is 0 Å². The summed E-state index contributed by atoms with van der Waals surface area (Å²) in [6.45, 7) is 4.01. The fourth-order valence-electron chi connectivity index (χ4n) is 4.25. The molecule has 8 heteroatoms. The highest BCUT2D eigenvalue weighted by Crippen LogP contribution is 2.44. The van der Waals surface area contributed by atoms with E-state index in [-0.39, 0.29) is 18.4 Å². The minimum absolute atomic E-state index is 0.0848. The van der Waals surface area contributed by atoms with Gasteiger partial charge in [0.2, 0.25) is 5.91 Å². The minimum atomic E-state index is -1.09. The molecule has 2 aromatic rings. The van der Waals surface area contributed by atoms with Gasteiger partial charge in [0.25, 0.3) is 0 Å². The molecule has 0 heterocycles. The van der Waals surface area contributed by atoms with Crippen molar-refractivity contribution in [3.8, 4) is 11.1 Å². The third-order valence-corrected chi connectivity index (χ3v) is 6.53. The van der Waals surface area contributed by atoms with Crippen molar-refractivity contribution in [3.05, 3.63) is 59.7 Å². The van der Waals surface area contributed by atoms with Gasteiger partial charge in [0.05, 0.1) is 0 Å². The van der Waals surface area contributed by atoms with Gasteiger partial charge < -0.3 is 20.5 Å². The van der Waals surface area contributed by atoms with Crippen LogP contribution in [0, 0.1) is 5.92 Å². The van der Waals surface area contributed by atoms with Gasteiger partial charge in [-0.25, -0.2) is 9.59 Å². The molecule has 182 valence electrons. The van der Waals surface area contributed by atoms with Gasteiger partial charge in [-0.2, -0.15) is 11.8 Å². The molecule has 0 spiro atoms. The van der Waals surface area contributed by atoms with Crippen molar-refractivity contribution in [2.45, 2.75) is 44.7 Å². The Hall–Kier alpha value is -3.00. The predicted octanol–water partition coefficient (Wildman–Crippen LogP) is 4.26. The molecular formula is C26H32N2O5S. The zero-order valence-electron chi connectivity index (χ0n) is 19.7. The highest BCUT2D eigenvalue weighted by Gasteiger charge is 2.31. The third-order valence-electron chi connectivity index (χ3n) is 5.88. The Balaban J connectivity index is 1.65. The molecule has 2 aromatic carbocycles. The monoisotopic (exact) mass is 484 g/mol. The number of benzene rings is 2. The number of carbonyl (C=O) groups is 3. The molecule has 1 aliphatic carbocycles.